The van der Waals surface area contributed by atoms with Gasteiger partial charge in [-0.1, -0.05) is 0 Å². The lowest BCUT2D eigenvalue weighted by Gasteiger charge is -2.18. The van der Waals surface area contributed by atoms with Crippen LogP contribution in [0.1, 0.15) is 13.8 Å². The molecule has 0 spiro atoms. The topological polar surface area (TPSA) is 104 Å². The highest BCUT2D eigenvalue weighted by atomic mass is 16.2. The Labute approximate surface area is 122 Å². The van der Waals surface area contributed by atoms with Crippen molar-refractivity contribution in [2.75, 3.05) is 30.7 Å². The first-order chi connectivity index (χ1) is 10.0. The molecule has 0 fully saturated rings. The second kappa shape index (κ2) is 6.25. The maximum Gasteiger partial charge on any atom is 0.260 e. The number of aromatic amines is 1. The third-order valence-corrected chi connectivity index (χ3v) is 3.25. The van der Waals surface area contributed by atoms with Crippen LogP contribution in [0.2, 0.25) is 0 Å². The molecule has 0 saturated carbocycles. The Morgan fingerprint density at radius 1 is 1.38 bits per heavy atom. The van der Waals surface area contributed by atoms with E-state index in [1.165, 1.54) is 0 Å². The number of nitrogens with two attached hydrogens (primary N) is 1. The molecule has 1 aromatic heterocycles. The Bertz CT molecular complexity index is 706. The van der Waals surface area contributed by atoms with Crippen LogP contribution in [0.15, 0.2) is 23.0 Å². The molecule has 1 amide bonds. The van der Waals surface area contributed by atoms with E-state index in [0.717, 1.165) is 0 Å². The van der Waals surface area contributed by atoms with Crippen molar-refractivity contribution in [3.05, 3.63) is 28.6 Å². The van der Waals surface area contributed by atoms with Gasteiger partial charge in [-0.2, -0.15) is 0 Å². The molecule has 0 aliphatic carbocycles. The van der Waals surface area contributed by atoms with Gasteiger partial charge in [-0.05, 0) is 32.0 Å². The van der Waals surface area contributed by atoms with Gasteiger partial charge in [0.05, 0.1) is 17.4 Å². The third kappa shape index (κ3) is 3.31. The lowest BCUT2D eigenvalue weighted by Crippen LogP contribution is -2.35. The van der Waals surface area contributed by atoms with E-state index in [1.807, 2.05) is 13.8 Å². The fraction of sp³-hybridized carbons (Fsp3) is 0.357. The molecule has 0 unspecified atom stereocenters. The maximum absolute atomic E-state index is 12.0. The molecule has 2 aromatic rings. The van der Waals surface area contributed by atoms with Crippen LogP contribution in [-0.4, -0.2) is 40.4 Å². The van der Waals surface area contributed by atoms with Crippen LogP contribution in [0.3, 0.4) is 0 Å². The summed E-state index contributed by atoms with van der Waals surface area (Å²) in [6, 6.07) is 4.93. The van der Waals surface area contributed by atoms with E-state index in [1.54, 1.807) is 23.1 Å². The minimum absolute atomic E-state index is 0.0416. The maximum atomic E-state index is 12.0. The molecule has 0 saturated heterocycles. The zero-order valence-corrected chi connectivity index (χ0v) is 12.1. The molecule has 0 atom stereocenters. The van der Waals surface area contributed by atoms with Gasteiger partial charge in [-0.3, -0.25) is 14.6 Å². The fourth-order valence-electron chi connectivity index (χ4n) is 2.09. The number of benzene rings is 1. The van der Waals surface area contributed by atoms with Crippen molar-refractivity contribution in [2.24, 2.45) is 0 Å². The normalized spacial score (nSPS) is 10.6. The quantitative estimate of drug-likeness (QED) is 0.706. The summed E-state index contributed by atoms with van der Waals surface area (Å²) in [6.45, 7) is 5.23. The Hall–Kier alpha value is -2.57. The molecule has 0 aliphatic heterocycles. The molecule has 1 aromatic carbocycles. The molecule has 21 heavy (non-hydrogen) atoms. The number of fused-ring (bicyclic) bond motifs is 1. The Morgan fingerprint density at radius 2 is 2.10 bits per heavy atom. The molecule has 0 bridgehead atoms. The second-order valence-corrected chi connectivity index (χ2v) is 4.61. The summed E-state index contributed by atoms with van der Waals surface area (Å²) in [7, 11) is 0. The second-order valence-electron chi connectivity index (χ2n) is 4.61. The van der Waals surface area contributed by atoms with Gasteiger partial charge in [0.2, 0.25) is 11.9 Å². The first-order valence-electron chi connectivity index (χ1n) is 6.86. The third-order valence-electron chi connectivity index (χ3n) is 3.25. The number of carbonyl (C=O) groups excluding carboxylic acids is 1. The molecule has 112 valence electrons. The van der Waals surface area contributed by atoms with Crippen LogP contribution < -0.4 is 16.6 Å². The minimum atomic E-state index is -0.287. The summed E-state index contributed by atoms with van der Waals surface area (Å²) in [4.78, 5) is 32.4. The van der Waals surface area contributed by atoms with E-state index in [9.17, 15) is 9.59 Å². The van der Waals surface area contributed by atoms with Crippen molar-refractivity contribution in [2.45, 2.75) is 13.8 Å². The highest BCUT2D eigenvalue weighted by Gasteiger charge is 2.10. The lowest BCUT2D eigenvalue weighted by atomic mass is 10.2. The van der Waals surface area contributed by atoms with Gasteiger partial charge < -0.3 is 16.0 Å². The molecular weight excluding hydrogens is 270 g/mol. The number of hydrogen-bond acceptors (Lipinski definition) is 5. The van der Waals surface area contributed by atoms with Crippen molar-refractivity contribution < 1.29 is 4.79 Å². The van der Waals surface area contributed by atoms with Crippen LogP contribution in [0.5, 0.6) is 0 Å². The number of carbonyl (C=O) groups is 1. The fourth-order valence-corrected chi connectivity index (χ4v) is 2.09. The molecule has 4 N–H and O–H groups in total. The van der Waals surface area contributed by atoms with Crippen LogP contribution >= 0.6 is 0 Å². The Balaban J connectivity index is 2.18. The largest absolute Gasteiger partial charge is 0.399 e. The average molecular weight is 289 g/mol. The van der Waals surface area contributed by atoms with Gasteiger partial charge >= 0.3 is 0 Å². The Kier molecular flexibility index (Phi) is 4.42. The molecule has 1 heterocycles. The minimum Gasteiger partial charge on any atom is -0.399 e. The van der Waals surface area contributed by atoms with Gasteiger partial charge in [-0.15, -0.1) is 0 Å². The highest BCUT2D eigenvalue weighted by Crippen LogP contribution is 2.12. The lowest BCUT2D eigenvalue weighted by molar-refractivity contribution is -0.128. The Morgan fingerprint density at radius 3 is 2.76 bits per heavy atom. The van der Waals surface area contributed by atoms with Gasteiger partial charge in [0, 0.05) is 18.8 Å². The van der Waals surface area contributed by atoms with Gasteiger partial charge in [0.15, 0.2) is 0 Å². The zero-order chi connectivity index (χ0) is 15.4. The summed E-state index contributed by atoms with van der Waals surface area (Å²) < 4.78 is 0. The number of anilines is 2. The van der Waals surface area contributed by atoms with E-state index < -0.39 is 0 Å². The first-order valence-corrected chi connectivity index (χ1v) is 6.86. The number of aromatic nitrogens is 2. The number of rotatable bonds is 5. The van der Waals surface area contributed by atoms with Gasteiger partial charge in [-0.25, -0.2) is 4.98 Å². The molecule has 0 radical (unpaired) electrons. The SMILES string of the molecule is CCN(CC)C(=O)CNc1nc2ccc(N)cc2c(=O)[nH]1. The van der Waals surface area contributed by atoms with E-state index in [2.05, 4.69) is 15.3 Å². The molecule has 0 aliphatic rings. The molecule has 7 heteroatoms. The first kappa shape index (κ1) is 14.8. The summed E-state index contributed by atoms with van der Waals surface area (Å²) in [5.41, 5.74) is 6.40. The van der Waals surface area contributed by atoms with E-state index in [-0.39, 0.29) is 24.0 Å². The van der Waals surface area contributed by atoms with E-state index >= 15 is 0 Å². The van der Waals surface area contributed by atoms with E-state index in [4.69, 9.17) is 5.73 Å². The van der Waals surface area contributed by atoms with Gasteiger partial charge in [0.1, 0.15) is 0 Å². The van der Waals surface area contributed by atoms with Crippen molar-refractivity contribution in [3.63, 3.8) is 0 Å². The predicted molar refractivity (Wildman–Crippen MR) is 83.2 cm³/mol. The number of amides is 1. The van der Waals surface area contributed by atoms with Crippen molar-refractivity contribution >= 4 is 28.4 Å². The van der Waals surface area contributed by atoms with E-state index in [0.29, 0.717) is 29.7 Å². The summed E-state index contributed by atoms with van der Waals surface area (Å²) >= 11 is 0. The zero-order valence-electron chi connectivity index (χ0n) is 12.1. The highest BCUT2D eigenvalue weighted by molar-refractivity contribution is 5.83. The van der Waals surface area contributed by atoms with Crippen LogP contribution in [0, 0.1) is 0 Å². The van der Waals surface area contributed by atoms with Crippen LogP contribution in [-0.2, 0) is 4.79 Å². The summed E-state index contributed by atoms with van der Waals surface area (Å²) in [5, 5.41) is 3.28. The number of likely N-dealkylation sites (N-methyl/N-ethyl adjacent to an activating group) is 1. The molecular formula is C14H19N5O2. The van der Waals surface area contributed by atoms with Crippen molar-refractivity contribution in [1.82, 2.24) is 14.9 Å². The van der Waals surface area contributed by atoms with Crippen LogP contribution in [0.4, 0.5) is 11.6 Å². The number of hydrogen-bond donors (Lipinski definition) is 3. The predicted octanol–water partition coefficient (Wildman–Crippen LogP) is 0.786. The summed E-state index contributed by atoms with van der Waals surface area (Å²) in [6.07, 6.45) is 0. The van der Waals surface area contributed by atoms with Crippen LogP contribution in [0.25, 0.3) is 10.9 Å². The van der Waals surface area contributed by atoms with Gasteiger partial charge in [0.25, 0.3) is 5.56 Å². The smallest absolute Gasteiger partial charge is 0.260 e. The monoisotopic (exact) mass is 289 g/mol. The summed E-state index contributed by atoms with van der Waals surface area (Å²) in [5.74, 6) is 0.234. The van der Waals surface area contributed by atoms with Crippen molar-refractivity contribution in [1.29, 1.82) is 0 Å². The number of nitrogen functional groups attached to an aromatic ring is 1. The molecule has 7 nitrogen and oxygen atoms in total. The number of nitrogens with one attached hydrogen (secondary N) is 2. The average Bonchev–Trinajstić information content (AvgIpc) is 2.47. The number of nitrogens with zero attached hydrogens (tertiary/aromatic N) is 2. The van der Waals surface area contributed by atoms with Crippen molar-refractivity contribution in [3.8, 4) is 0 Å². The molecule has 2 rings (SSSR count). The number of H-pyrrole nitrogens is 1. The standard InChI is InChI=1S/C14H19N5O2/c1-3-19(4-2)12(20)8-16-14-17-11-6-5-9(15)7-10(11)13(21)18-14/h5-7H,3-4,8,15H2,1-2H3,(H2,16,17,18,21).